The maximum atomic E-state index is 11.8. The number of ether oxygens (including phenoxy) is 1. The standard InChI is InChI=1S/C13H13NO3/c1-2-17-12(16)13(14-9-15)8-11(13)10-6-4-3-5-7-10/h3-7,11H,2,8H2,1H3. The van der Waals surface area contributed by atoms with Crippen LogP contribution < -0.4 is 0 Å². The fourth-order valence-electron chi connectivity index (χ4n) is 2.06. The Balaban J connectivity index is 2.24. The zero-order valence-corrected chi connectivity index (χ0v) is 9.55. The fourth-order valence-corrected chi connectivity index (χ4v) is 2.06. The molecule has 0 spiro atoms. The monoisotopic (exact) mass is 231 g/mol. The minimum atomic E-state index is -1.03. The summed E-state index contributed by atoms with van der Waals surface area (Å²) in [6.45, 7) is 2.02. The minimum absolute atomic E-state index is 0.0656. The number of esters is 1. The lowest BCUT2D eigenvalue weighted by atomic mass is 10.1. The maximum absolute atomic E-state index is 11.8. The highest BCUT2D eigenvalue weighted by Gasteiger charge is 2.63. The molecule has 1 aliphatic rings. The number of nitrogens with zero attached hydrogens (tertiary/aromatic N) is 1. The van der Waals surface area contributed by atoms with Crippen molar-refractivity contribution in [1.29, 1.82) is 0 Å². The highest BCUT2D eigenvalue weighted by Crippen LogP contribution is 2.55. The van der Waals surface area contributed by atoms with Crippen molar-refractivity contribution in [3.63, 3.8) is 0 Å². The lowest BCUT2D eigenvalue weighted by Gasteiger charge is -2.09. The molecule has 1 saturated carbocycles. The van der Waals surface area contributed by atoms with Gasteiger partial charge in [-0.2, -0.15) is 4.99 Å². The Kier molecular flexibility index (Phi) is 3.07. The van der Waals surface area contributed by atoms with Crippen LogP contribution >= 0.6 is 0 Å². The number of hydrogen-bond donors (Lipinski definition) is 0. The summed E-state index contributed by atoms with van der Waals surface area (Å²) in [7, 11) is 0. The SMILES string of the molecule is CCOC(=O)C1(N=C=O)CC1c1ccccc1. The predicted molar refractivity (Wildman–Crippen MR) is 61.3 cm³/mol. The molecular weight excluding hydrogens is 218 g/mol. The second-order valence-electron chi connectivity index (χ2n) is 4.02. The van der Waals surface area contributed by atoms with Gasteiger partial charge in [-0.15, -0.1) is 0 Å². The van der Waals surface area contributed by atoms with Crippen molar-refractivity contribution in [3.8, 4) is 0 Å². The van der Waals surface area contributed by atoms with E-state index >= 15 is 0 Å². The zero-order valence-electron chi connectivity index (χ0n) is 9.55. The topological polar surface area (TPSA) is 55.7 Å². The van der Waals surface area contributed by atoms with Crippen molar-refractivity contribution in [3.05, 3.63) is 35.9 Å². The molecule has 1 aromatic carbocycles. The second-order valence-corrected chi connectivity index (χ2v) is 4.02. The number of benzene rings is 1. The van der Waals surface area contributed by atoms with E-state index in [9.17, 15) is 9.59 Å². The summed E-state index contributed by atoms with van der Waals surface area (Å²) < 4.78 is 4.96. The molecule has 1 fully saturated rings. The molecule has 2 rings (SSSR count). The normalized spacial score (nSPS) is 25.8. The molecule has 88 valence electrons. The van der Waals surface area contributed by atoms with E-state index in [-0.39, 0.29) is 12.5 Å². The first-order valence-electron chi connectivity index (χ1n) is 5.56. The fraction of sp³-hybridized carbons (Fsp3) is 0.385. The Labute approximate surface area is 99.3 Å². The second kappa shape index (κ2) is 4.52. The summed E-state index contributed by atoms with van der Waals surface area (Å²) >= 11 is 0. The van der Waals surface area contributed by atoms with Crippen molar-refractivity contribution in [2.45, 2.75) is 24.8 Å². The molecule has 0 N–H and O–H groups in total. The number of carbonyl (C=O) groups is 1. The molecule has 1 aromatic rings. The molecule has 0 aromatic heterocycles. The highest BCUT2D eigenvalue weighted by molar-refractivity contribution is 5.88. The molecule has 0 saturated heterocycles. The third-order valence-corrected chi connectivity index (χ3v) is 3.01. The average molecular weight is 231 g/mol. The lowest BCUT2D eigenvalue weighted by Crippen LogP contribution is -2.25. The van der Waals surface area contributed by atoms with Crippen LogP contribution in [-0.4, -0.2) is 24.2 Å². The lowest BCUT2D eigenvalue weighted by molar-refractivity contribution is -0.145. The summed E-state index contributed by atoms with van der Waals surface area (Å²) in [5.41, 5.74) is -0.0291. The van der Waals surface area contributed by atoms with Gasteiger partial charge in [-0.05, 0) is 18.9 Å². The van der Waals surface area contributed by atoms with Crippen LogP contribution in [0.4, 0.5) is 0 Å². The van der Waals surface area contributed by atoms with Crippen LogP contribution in [-0.2, 0) is 14.3 Å². The van der Waals surface area contributed by atoms with Crippen molar-refractivity contribution in [2.24, 2.45) is 4.99 Å². The summed E-state index contributed by atoms with van der Waals surface area (Å²) in [6.07, 6.45) is 2.00. The van der Waals surface area contributed by atoms with Crippen molar-refractivity contribution >= 4 is 12.0 Å². The van der Waals surface area contributed by atoms with Gasteiger partial charge in [0.05, 0.1) is 6.61 Å². The average Bonchev–Trinajstić information content (AvgIpc) is 3.07. The summed E-state index contributed by atoms with van der Waals surface area (Å²) in [5.74, 6) is -0.499. The van der Waals surface area contributed by atoms with E-state index < -0.39 is 11.5 Å². The number of rotatable bonds is 4. The largest absolute Gasteiger partial charge is 0.464 e. The summed E-state index contributed by atoms with van der Waals surface area (Å²) in [4.78, 5) is 25.9. The van der Waals surface area contributed by atoms with Crippen LogP contribution in [0.15, 0.2) is 35.3 Å². The van der Waals surface area contributed by atoms with Crippen LogP contribution in [0.2, 0.25) is 0 Å². The predicted octanol–water partition coefficient (Wildman–Crippen LogP) is 1.81. The Morgan fingerprint density at radius 2 is 2.24 bits per heavy atom. The quantitative estimate of drug-likeness (QED) is 0.451. The summed E-state index contributed by atoms with van der Waals surface area (Å²) in [5, 5.41) is 0. The van der Waals surface area contributed by atoms with E-state index in [1.165, 1.54) is 6.08 Å². The molecule has 0 amide bonds. The van der Waals surface area contributed by atoms with E-state index in [0.717, 1.165) is 5.56 Å². The molecule has 1 aliphatic carbocycles. The summed E-state index contributed by atoms with van der Waals surface area (Å²) in [6, 6.07) is 9.54. The number of isocyanates is 1. The number of hydrogen-bond acceptors (Lipinski definition) is 4. The molecule has 0 bridgehead atoms. The number of carbonyl (C=O) groups excluding carboxylic acids is 2. The molecule has 2 atom stereocenters. The van der Waals surface area contributed by atoms with Crippen molar-refractivity contribution < 1.29 is 14.3 Å². The van der Waals surface area contributed by atoms with Crippen LogP contribution in [0.1, 0.15) is 24.8 Å². The van der Waals surface area contributed by atoms with E-state index in [1.807, 2.05) is 30.3 Å². The van der Waals surface area contributed by atoms with Gasteiger partial charge in [-0.25, -0.2) is 9.59 Å². The first kappa shape index (κ1) is 11.6. The van der Waals surface area contributed by atoms with Crippen LogP contribution in [0, 0.1) is 0 Å². The Hall–Kier alpha value is -1.93. The van der Waals surface area contributed by atoms with Gasteiger partial charge in [-0.1, -0.05) is 30.3 Å². The third kappa shape index (κ3) is 1.99. The van der Waals surface area contributed by atoms with Crippen LogP contribution in [0.5, 0.6) is 0 Å². The van der Waals surface area contributed by atoms with Gasteiger partial charge in [0.2, 0.25) is 6.08 Å². The molecule has 0 heterocycles. The first-order valence-corrected chi connectivity index (χ1v) is 5.56. The Morgan fingerprint density at radius 1 is 1.53 bits per heavy atom. The van der Waals surface area contributed by atoms with Gasteiger partial charge in [0, 0.05) is 5.92 Å². The third-order valence-electron chi connectivity index (χ3n) is 3.01. The molecule has 0 aliphatic heterocycles. The molecule has 0 radical (unpaired) electrons. The minimum Gasteiger partial charge on any atom is -0.464 e. The molecular formula is C13H13NO3. The van der Waals surface area contributed by atoms with Crippen LogP contribution in [0.25, 0.3) is 0 Å². The smallest absolute Gasteiger partial charge is 0.335 e. The van der Waals surface area contributed by atoms with Gasteiger partial charge < -0.3 is 4.74 Å². The van der Waals surface area contributed by atoms with E-state index in [0.29, 0.717) is 6.42 Å². The Morgan fingerprint density at radius 3 is 2.82 bits per heavy atom. The zero-order chi connectivity index (χ0) is 12.3. The molecule has 4 heteroatoms. The van der Waals surface area contributed by atoms with E-state index in [1.54, 1.807) is 6.92 Å². The number of aliphatic imine (C=N–C) groups is 1. The van der Waals surface area contributed by atoms with Gasteiger partial charge in [0.1, 0.15) is 0 Å². The first-order chi connectivity index (χ1) is 8.24. The van der Waals surface area contributed by atoms with Crippen molar-refractivity contribution in [2.75, 3.05) is 6.61 Å². The molecule has 4 nitrogen and oxygen atoms in total. The highest BCUT2D eigenvalue weighted by atomic mass is 16.5. The van der Waals surface area contributed by atoms with Gasteiger partial charge in [-0.3, -0.25) is 0 Å². The molecule has 2 unspecified atom stereocenters. The Bertz CT molecular complexity index is 465. The van der Waals surface area contributed by atoms with Crippen molar-refractivity contribution in [1.82, 2.24) is 0 Å². The van der Waals surface area contributed by atoms with E-state index in [4.69, 9.17) is 4.74 Å². The van der Waals surface area contributed by atoms with Gasteiger partial charge in [0.25, 0.3) is 0 Å². The maximum Gasteiger partial charge on any atom is 0.335 e. The van der Waals surface area contributed by atoms with E-state index in [2.05, 4.69) is 4.99 Å². The molecule has 17 heavy (non-hydrogen) atoms. The van der Waals surface area contributed by atoms with Gasteiger partial charge in [0.15, 0.2) is 5.54 Å². The van der Waals surface area contributed by atoms with Gasteiger partial charge >= 0.3 is 5.97 Å². The van der Waals surface area contributed by atoms with Crippen LogP contribution in [0.3, 0.4) is 0 Å².